The van der Waals surface area contributed by atoms with Gasteiger partial charge in [0.25, 0.3) is 5.91 Å². The molecule has 0 saturated carbocycles. The number of hydrogen-bond donors (Lipinski definition) is 1. The summed E-state index contributed by atoms with van der Waals surface area (Å²) in [5.74, 6) is 0.549. The van der Waals surface area contributed by atoms with Crippen molar-refractivity contribution in [3.05, 3.63) is 48.0 Å². The number of ether oxygens (including phenoxy) is 2. The monoisotopic (exact) mass is 418 g/mol. The van der Waals surface area contributed by atoms with Crippen LogP contribution in [0.15, 0.2) is 47.4 Å². The smallest absolute Gasteiger partial charge is 0.259 e. The van der Waals surface area contributed by atoms with Gasteiger partial charge in [-0.05, 0) is 43.2 Å². The molecule has 3 rings (SSSR count). The predicted octanol–water partition coefficient (Wildman–Crippen LogP) is 3.52. The zero-order valence-electron chi connectivity index (χ0n) is 16.7. The Hall–Kier alpha value is -2.58. The molecule has 0 spiro atoms. The normalized spacial score (nSPS) is 15.4. The fraction of sp³-hybridized carbons (Fsp3) is 0.381. The van der Waals surface area contributed by atoms with E-state index in [4.69, 9.17) is 9.47 Å². The van der Waals surface area contributed by atoms with E-state index in [0.29, 0.717) is 35.8 Å². The lowest BCUT2D eigenvalue weighted by molar-refractivity contribution is 0.102. The molecular weight excluding hydrogens is 392 g/mol. The highest BCUT2D eigenvalue weighted by atomic mass is 32.2. The lowest BCUT2D eigenvalue weighted by Crippen LogP contribution is -2.32. The number of amides is 1. The summed E-state index contributed by atoms with van der Waals surface area (Å²) in [5.41, 5.74) is 0.734. The van der Waals surface area contributed by atoms with Crippen molar-refractivity contribution in [2.24, 2.45) is 0 Å². The van der Waals surface area contributed by atoms with Gasteiger partial charge in [-0.15, -0.1) is 0 Å². The van der Waals surface area contributed by atoms with Crippen LogP contribution in [-0.4, -0.2) is 45.9 Å². The molecule has 0 aliphatic carbocycles. The molecule has 0 aromatic heterocycles. The molecule has 7 nitrogen and oxygen atoms in total. The third-order valence-electron chi connectivity index (χ3n) is 4.95. The van der Waals surface area contributed by atoms with Gasteiger partial charge in [0, 0.05) is 24.8 Å². The van der Waals surface area contributed by atoms with Crippen LogP contribution in [-0.2, 0) is 10.0 Å². The molecule has 1 N–H and O–H groups in total. The number of nitrogens with zero attached hydrogens (tertiary/aromatic N) is 1. The number of methoxy groups -OCH3 is 2. The van der Waals surface area contributed by atoms with Gasteiger partial charge in [0.15, 0.2) is 0 Å². The molecule has 29 heavy (non-hydrogen) atoms. The second-order valence-corrected chi connectivity index (χ2v) is 8.80. The Labute approximate surface area is 171 Å². The van der Waals surface area contributed by atoms with Crippen LogP contribution in [0.3, 0.4) is 0 Å². The van der Waals surface area contributed by atoms with E-state index in [-0.39, 0.29) is 4.90 Å². The maximum absolute atomic E-state index is 13.0. The van der Waals surface area contributed by atoms with E-state index in [1.165, 1.54) is 24.6 Å². The molecule has 1 aliphatic rings. The second kappa shape index (κ2) is 9.28. The molecule has 2 aromatic carbocycles. The molecule has 8 heteroatoms. The quantitative estimate of drug-likeness (QED) is 0.776. The fourth-order valence-corrected chi connectivity index (χ4v) is 4.91. The standard InChI is InChI=1S/C21H26N2O5S/c1-27-17-10-11-19(20(15-17)28-2)21(24)22-16-8-7-9-18(14-16)29(25,26)23-12-5-3-4-6-13-23/h7-11,14-15H,3-6,12-13H2,1-2H3,(H,22,24). The summed E-state index contributed by atoms with van der Waals surface area (Å²) in [4.78, 5) is 12.9. The summed E-state index contributed by atoms with van der Waals surface area (Å²) in [6, 6.07) is 11.2. The molecule has 1 aliphatic heterocycles. The minimum absolute atomic E-state index is 0.180. The molecule has 0 atom stereocenters. The fourth-order valence-electron chi connectivity index (χ4n) is 3.35. The third-order valence-corrected chi connectivity index (χ3v) is 6.84. The number of rotatable bonds is 6. The van der Waals surface area contributed by atoms with Crippen LogP contribution >= 0.6 is 0 Å². The van der Waals surface area contributed by atoms with Crippen molar-refractivity contribution in [2.75, 3.05) is 32.6 Å². The van der Waals surface area contributed by atoms with Crippen LogP contribution in [0, 0.1) is 0 Å². The highest BCUT2D eigenvalue weighted by Gasteiger charge is 2.25. The first-order chi connectivity index (χ1) is 14.0. The first kappa shape index (κ1) is 21.1. The van der Waals surface area contributed by atoms with Gasteiger partial charge in [0.05, 0.1) is 24.7 Å². The van der Waals surface area contributed by atoms with Crippen LogP contribution in [0.25, 0.3) is 0 Å². The van der Waals surface area contributed by atoms with Crippen molar-refractivity contribution in [2.45, 2.75) is 30.6 Å². The Bertz CT molecular complexity index is 967. The van der Waals surface area contributed by atoms with Gasteiger partial charge in [-0.1, -0.05) is 18.9 Å². The number of carbonyl (C=O) groups is 1. The topological polar surface area (TPSA) is 84.9 Å². The summed E-state index contributed by atoms with van der Waals surface area (Å²) in [6.07, 6.45) is 3.83. The number of sulfonamides is 1. The molecular formula is C21H26N2O5S. The summed E-state index contributed by atoms with van der Waals surface area (Å²) in [7, 11) is -0.585. The van der Waals surface area contributed by atoms with Crippen molar-refractivity contribution in [1.29, 1.82) is 0 Å². The van der Waals surface area contributed by atoms with Crippen LogP contribution < -0.4 is 14.8 Å². The molecule has 156 valence electrons. The number of carbonyl (C=O) groups excluding carboxylic acids is 1. The summed E-state index contributed by atoms with van der Waals surface area (Å²) >= 11 is 0. The van der Waals surface area contributed by atoms with E-state index >= 15 is 0 Å². The van der Waals surface area contributed by atoms with Crippen LogP contribution in [0.5, 0.6) is 11.5 Å². The Morgan fingerprint density at radius 1 is 0.966 bits per heavy atom. The minimum atomic E-state index is -3.59. The second-order valence-electron chi connectivity index (χ2n) is 6.87. The van der Waals surface area contributed by atoms with Crippen molar-refractivity contribution in [3.8, 4) is 11.5 Å². The van der Waals surface area contributed by atoms with Gasteiger partial charge < -0.3 is 14.8 Å². The first-order valence-electron chi connectivity index (χ1n) is 9.59. The largest absolute Gasteiger partial charge is 0.497 e. The molecule has 1 amide bonds. The Balaban J connectivity index is 1.82. The molecule has 1 fully saturated rings. The van der Waals surface area contributed by atoms with Gasteiger partial charge in [-0.3, -0.25) is 4.79 Å². The molecule has 0 unspecified atom stereocenters. The highest BCUT2D eigenvalue weighted by molar-refractivity contribution is 7.89. The number of hydrogen-bond acceptors (Lipinski definition) is 5. The maximum Gasteiger partial charge on any atom is 0.259 e. The van der Waals surface area contributed by atoms with Gasteiger partial charge >= 0.3 is 0 Å². The van der Waals surface area contributed by atoms with Gasteiger partial charge in [0.1, 0.15) is 11.5 Å². The lowest BCUT2D eigenvalue weighted by Gasteiger charge is -2.20. The van der Waals surface area contributed by atoms with Gasteiger partial charge in [-0.2, -0.15) is 4.31 Å². The number of benzene rings is 2. The predicted molar refractivity (Wildman–Crippen MR) is 111 cm³/mol. The average Bonchev–Trinajstić information content (AvgIpc) is 3.03. The molecule has 0 bridgehead atoms. The van der Waals surface area contributed by atoms with E-state index in [0.717, 1.165) is 25.7 Å². The highest BCUT2D eigenvalue weighted by Crippen LogP contribution is 2.27. The molecule has 2 aromatic rings. The van der Waals surface area contributed by atoms with Crippen LogP contribution in [0.4, 0.5) is 5.69 Å². The van der Waals surface area contributed by atoms with Crippen LogP contribution in [0.2, 0.25) is 0 Å². The van der Waals surface area contributed by atoms with Gasteiger partial charge in [0.2, 0.25) is 10.0 Å². The van der Waals surface area contributed by atoms with E-state index in [9.17, 15) is 13.2 Å². The van der Waals surface area contributed by atoms with Crippen molar-refractivity contribution in [3.63, 3.8) is 0 Å². The summed E-state index contributed by atoms with van der Waals surface area (Å²) in [5, 5.41) is 2.76. The molecule has 1 heterocycles. The van der Waals surface area contributed by atoms with E-state index < -0.39 is 15.9 Å². The zero-order valence-corrected chi connectivity index (χ0v) is 17.5. The van der Waals surface area contributed by atoms with E-state index in [1.807, 2.05) is 0 Å². The van der Waals surface area contributed by atoms with E-state index in [1.54, 1.807) is 36.4 Å². The lowest BCUT2D eigenvalue weighted by atomic mass is 10.1. The Morgan fingerprint density at radius 3 is 2.34 bits per heavy atom. The SMILES string of the molecule is COc1ccc(C(=O)Nc2cccc(S(=O)(=O)N3CCCCCC3)c2)c(OC)c1. The third kappa shape index (κ3) is 4.89. The Kier molecular flexibility index (Phi) is 6.76. The Morgan fingerprint density at radius 2 is 1.69 bits per heavy atom. The molecule has 0 radical (unpaired) electrons. The average molecular weight is 419 g/mol. The maximum atomic E-state index is 13.0. The van der Waals surface area contributed by atoms with Crippen molar-refractivity contribution < 1.29 is 22.7 Å². The first-order valence-corrected chi connectivity index (χ1v) is 11.0. The van der Waals surface area contributed by atoms with Crippen LogP contribution in [0.1, 0.15) is 36.0 Å². The van der Waals surface area contributed by atoms with Gasteiger partial charge in [-0.25, -0.2) is 8.42 Å². The zero-order chi connectivity index (χ0) is 20.9. The summed E-state index contributed by atoms with van der Waals surface area (Å²) < 4.78 is 38.0. The van der Waals surface area contributed by atoms with E-state index in [2.05, 4.69) is 5.32 Å². The van der Waals surface area contributed by atoms with Crippen molar-refractivity contribution >= 4 is 21.6 Å². The number of nitrogens with one attached hydrogen (secondary N) is 1. The van der Waals surface area contributed by atoms with Crippen molar-refractivity contribution in [1.82, 2.24) is 4.31 Å². The molecule has 1 saturated heterocycles. The number of anilines is 1. The minimum Gasteiger partial charge on any atom is -0.497 e. The summed E-state index contributed by atoms with van der Waals surface area (Å²) in [6.45, 7) is 1.06.